The number of likely N-dealkylation sites (N-methyl/N-ethyl adjacent to an activating group) is 1. The third-order valence-electron chi connectivity index (χ3n) is 3.52. The number of pyridine rings is 1. The zero-order chi connectivity index (χ0) is 18.3. The summed E-state index contributed by atoms with van der Waals surface area (Å²) in [7, 11) is 5.53. The fourth-order valence-electron chi connectivity index (χ4n) is 2.13. The van der Waals surface area contributed by atoms with Crippen LogP contribution in [0.15, 0.2) is 29.5 Å². The van der Waals surface area contributed by atoms with Crippen LogP contribution in [0.4, 0.5) is 0 Å². The van der Waals surface area contributed by atoms with Gasteiger partial charge < -0.3 is 25.6 Å². The van der Waals surface area contributed by atoms with Crippen molar-refractivity contribution >= 4 is 11.9 Å². The number of amides is 1. The number of nitrogens with zero attached hydrogens (tertiary/aromatic N) is 3. The van der Waals surface area contributed by atoms with Crippen LogP contribution in [0.3, 0.4) is 0 Å². The number of methoxy groups -OCH3 is 1. The lowest BCUT2D eigenvalue weighted by Crippen LogP contribution is -2.43. The third-order valence-corrected chi connectivity index (χ3v) is 3.52. The van der Waals surface area contributed by atoms with Crippen molar-refractivity contribution in [2.45, 2.75) is 6.42 Å². The summed E-state index contributed by atoms with van der Waals surface area (Å²) in [6.45, 7) is 4.60. The Morgan fingerprint density at radius 2 is 2.00 bits per heavy atom. The molecule has 1 amide bonds. The van der Waals surface area contributed by atoms with Gasteiger partial charge in [0, 0.05) is 65.9 Å². The highest BCUT2D eigenvalue weighted by atomic mass is 16.5. The largest absolute Gasteiger partial charge is 0.385 e. The van der Waals surface area contributed by atoms with Crippen LogP contribution in [0.5, 0.6) is 0 Å². The minimum absolute atomic E-state index is 0.129. The topological polar surface area (TPSA) is 90.9 Å². The van der Waals surface area contributed by atoms with Crippen molar-refractivity contribution < 1.29 is 9.53 Å². The van der Waals surface area contributed by atoms with Crippen molar-refractivity contribution in [2.75, 3.05) is 60.5 Å². The van der Waals surface area contributed by atoms with Gasteiger partial charge in [0.25, 0.3) is 5.91 Å². The Labute approximate surface area is 150 Å². The molecule has 0 aromatic carbocycles. The number of guanidine groups is 1. The number of carbonyl (C=O) groups is 1. The standard InChI is InChI=1S/C17H30N6O2/c1-18-17(22-10-12-23(2)11-5-13-25-3)21-9-8-20-16(24)15-6-4-7-19-14-15/h4,6-7,14H,5,8-13H2,1-3H3,(H,20,24)(H2,18,21,22). The highest BCUT2D eigenvalue weighted by molar-refractivity contribution is 5.93. The van der Waals surface area contributed by atoms with E-state index in [-0.39, 0.29) is 5.91 Å². The van der Waals surface area contributed by atoms with Gasteiger partial charge in [-0.3, -0.25) is 14.8 Å². The van der Waals surface area contributed by atoms with Gasteiger partial charge >= 0.3 is 0 Å². The molecule has 0 saturated heterocycles. The van der Waals surface area contributed by atoms with Gasteiger partial charge in [-0.15, -0.1) is 0 Å². The smallest absolute Gasteiger partial charge is 0.252 e. The van der Waals surface area contributed by atoms with Crippen LogP contribution >= 0.6 is 0 Å². The van der Waals surface area contributed by atoms with Gasteiger partial charge in [-0.05, 0) is 25.6 Å². The average Bonchev–Trinajstić information content (AvgIpc) is 2.64. The predicted molar refractivity (Wildman–Crippen MR) is 99.9 cm³/mol. The quantitative estimate of drug-likeness (QED) is 0.294. The van der Waals surface area contributed by atoms with Gasteiger partial charge in [0.1, 0.15) is 0 Å². The zero-order valence-corrected chi connectivity index (χ0v) is 15.4. The highest BCUT2D eigenvalue weighted by Crippen LogP contribution is 1.94. The summed E-state index contributed by atoms with van der Waals surface area (Å²) in [5, 5.41) is 9.26. The summed E-state index contributed by atoms with van der Waals surface area (Å²) in [6.07, 6.45) is 4.21. The Morgan fingerprint density at radius 3 is 2.68 bits per heavy atom. The fraction of sp³-hybridized carbons (Fsp3) is 0.588. The van der Waals surface area contributed by atoms with E-state index < -0.39 is 0 Å². The molecule has 0 aliphatic rings. The van der Waals surface area contributed by atoms with Gasteiger partial charge in [0.2, 0.25) is 0 Å². The number of hydrogen-bond donors (Lipinski definition) is 3. The molecule has 0 radical (unpaired) electrons. The summed E-state index contributed by atoms with van der Waals surface area (Å²) >= 11 is 0. The van der Waals surface area contributed by atoms with Gasteiger partial charge in [0.05, 0.1) is 5.56 Å². The Bertz CT molecular complexity index is 509. The number of aromatic nitrogens is 1. The lowest BCUT2D eigenvalue weighted by molar-refractivity contribution is 0.0954. The molecule has 25 heavy (non-hydrogen) atoms. The monoisotopic (exact) mass is 350 g/mol. The van der Waals surface area contributed by atoms with Crippen molar-refractivity contribution in [3.63, 3.8) is 0 Å². The Hall–Kier alpha value is -2.19. The lowest BCUT2D eigenvalue weighted by atomic mass is 10.3. The summed E-state index contributed by atoms with van der Waals surface area (Å²) < 4.78 is 5.05. The van der Waals surface area contributed by atoms with E-state index in [0.29, 0.717) is 18.7 Å². The maximum atomic E-state index is 11.9. The van der Waals surface area contributed by atoms with E-state index in [9.17, 15) is 4.79 Å². The van der Waals surface area contributed by atoms with E-state index in [1.54, 1.807) is 38.7 Å². The van der Waals surface area contributed by atoms with E-state index in [1.807, 2.05) is 0 Å². The molecule has 0 aliphatic carbocycles. The molecule has 0 atom stereocenters. The van der Waals surface area contributed by atoms with Crippen molar-refractivity contribution in [3.05, 3.63) is 30.1 Å². The van der Waals surface area contributed by atoms with Crippen LogP contribution < -0.4 is 16.0 Å². The van der Waals surface area contributed by atoms with Gasteiger partial charge in [-0.2, -0.15) is 0 Å². The van der Waals surface area contributed by atoms with Crippen LogP contribution in [0.25, 0.3) is 0 Å². The lowest BCUT2D eigenvalue weighted by Gasteiger charge is -2.18. The first-order valence-corrected chi connectivity index (χ1v) is 8.47. The molecule has 0 spiro atoms. The second kappa shape index (κ2) is 13.1. The maximum Gasteiger partial charge on any atom is 0.252 e. The first-order valence-electron chi connectivity index (χ1n) is 8.47. The first kappa shape index (κ1) is 20.9. The van der Waals surface area contributed by atoms with Crippen molar-refractivity contribution in [1.82, 2.24) is 25.8 Å². The van der Waals surface area contributed by atoms with Crippen LogP contribution in [0.2, 0.25) is 0 Å². The average molecular weight is 350 g/mol. The molecule has 8 nitrogen and oxygen atoms in total. The predicted octanol–water partition coefficient (Wildman–Crippen LogP) is -0.0553. The normalized spacial score (nSPS) is 11.4. The third kappa shape index (κ3) is 9.63. The van der Waals surface area contributed by atoms with Crippen molar-refractivity contribution in [3.8, 4) is 0 Å². The van der Waals surface area contributed by atoms with Crippen molar-refractivity contribution in [2.24, 2.45) is 4.99 Å². The number of hydrogen-bond acceptors (Lipinski definition) is 5. The zero-order valence-electron chi connectivity index (χ0n) is 15.4. The molecule has 1 rings (SSSR count). The van der Waals surface area contributed by atoms with E-state index >= 15 is 0 Å². The fourth-order valence-corrected chi connectivity index (χ4v) is 2.13. The van der Waals surface area contributed by atoms with E-state index in [1.165, 1.54) is 0 Å². The molecule has 1 aromatic rings. The van der Waals surface area contributed by atoms with Crippen LogP contribution in [0, 0.1) is 0 Å². The second-order valence-corrected chi connectivity index (χ2v) is 5.57. The molecule has 8 heteroatoms. The first-order chi connectivity index (χ1) is 12.2. The Morgan fingerprint density at radius 1 is 1.24 bits per heavy atom. The number of rotatable bonds is 11. The molecular formula is C17H30N6O2. The second-order valence-electron chi connectivity index (χ2n) is 5.57. The minimum Gasteiger partial charge on any atom is -0.385 e. The van der Waals surface area contributed by atoms with E-state index in [0.717, 1.165) is 38.6 Å². The molecule has 0 bridgehead atoms. The van der Waals surface area contributed by atoms with Crippen LogP contribution in [-0.2, 0) is 4.74 Å². The molecule has 1 heterocycles. The van der Waals surface area contributed by atoms with Crippen molar-refractivity contribution in [1.29, 1.82) is 0 Å². The molecule has 0 fully saturated rings. The SMILES string of the molecule is CN=C(NCCNC(=O)c1cccnc1)NCCN(C)CCCOC. The molecule has 3 N–H and O–H groups in total. The summed E-state index contributed by atoms with van der Waals surface area (Å²) in [6, 6.07) is 3.48. The molecular weight excluding hydrogens is 320 g/mol. The summed E-state index contributed by atoms with van der Waals surface area (Å²) in [5.74, 6) is 0.594. The minimum atomic E-state index is -0.129. The number of aliphatic imine (C=N–C) groups is 1. The van der Waals surface area contributed by atoms with Crippen LogP contribution in [-0.4, -0.2) is 82.3 Å². The van der Waals surface area contributed by atoms with E-state index in [2.05, 4.69) is 37.9 Å². The Kier molecular flexibility index (Phi) is 11.0. The van der Waals surface area contributed by atoms with Gasteiger partial charge in [0.15, 0.2) is 5.96 Å². The molecule has 1 aromatic heterocycles. The summed E-state index contributed by atoms with van der Waals surface area (Å²) in [5.41, 5.74) is 0.557. The number of nitrogens with one attached hydrogen (secondary N) is 3. The highest BCUT2D eigenvalue weighted by Gasteiger charge is 2.04. The molecule has 0 unspecified atom stereocenters. The van der Waals surface area contributed by atoms with Gasteiger partial charge in [-0.1, -0.05) is 0 Å². The van der Waals surface area contributed by atoms with Crippen LogP contribution in [0.1, 0.15) is 16.8 Å². The molecule has 140 valence electrons. The summed E-state index contributed by atoms with van der Waals surface area (Å²) in [4.78, 5) is 22.2. The van der Waals surface area contributed by atoms with Gasteiger partial charge in [-0.25, -0.2) is 0 Å². The molecule has 0 aliphatic heterocycles. The Balaban J connectivity index is 2.13. The maximum absolute atomic E-state index is 11.9. The van der Waals surface area contributed by atoms with E-state index in [4.69, 9.17) is 4.74 Å². The number of ether oxygens (including phenoxy) is 1. The number of carbonyl (C=O) groups excluding carboxylic acids is 1. The molecule has 0 saturated carbocycles.